The molecular weight excluding hydrogens is 530 g/mol. The van der Waals surface area contributed by atoms with Crippen LogP contribution in [-0.4, -0.2) is 123 Å². The highest BCUT2D eigenvalue weighted by Gasteiger charge is 2.90. The van der Waals surface area contributed by atoms with E-state index in [-0.39, 0.29) is 35.8 Å². The van der Waals surface area contributed by atoms with E-state index in [0.29, 0.717) is 12.2 Å². The first kappa shape index (κ1) is 28.2. The van der Waals surface area contributed by atoms with Gasteiger partial charge in [0.2, 0.25) is 0 Å². The normalized spacial score (nSPS) is 52.9. The number of carbonyl (C=O) groups is 1. The molecule has 1 heterocycles. The fourth-order valence-electron chi connectivity index (χ4n) is 11.8. The summed E-state index contributed by atoms with van der Waals surface area (Å²) in [6.07, 6.45) is -2.45. The number of methoxy groups -OCH3 is 4. The monoisotopic (exact) mass is 573 g/mol. The Balaban J connectivity index is 1.46. The number of esters is 1. The first-order chi connectivity index (χ1) is 19.6. The Labute approximate surface area is 240 Å². The Morgan fingerprint density at radius 3 is 2.39 bits per heavy atom. The number of likely N-dealkylation sites (tertiary alicyclic amines) is 1. The van der Waals surface area contributed by atoms with Crippen molar-refractivity contribution in [3.05, 3.63) is 35.9 Å². The number of aliphatic hydroxyl groups is 3. The van der Waals surface area contributed by atoms with E-state index in [2.05, 4.69) is 11.9 Å². The lowest BCUT2D eigenvalue weighted by Gasteiger charge is -2.69. The van der Waals surface area contributed by atoms with Gasteiger partial charge in [-0.25, -0.2) is 4.79 Å². The molecule has 1 spiro atoms. The van der Waals surface area contributed by atoms with Crippen molar-refractivity contribution in [2.75, 3.05) is 48.6 Å². The van der Waals surface area contributed by atoms with E-state index in [4.69, 9.17) is 23.7 Å². The van der Waals surface area contributed by atoms with Crippen molar-refractivity contribution < 1.29 is 43.8 Å². The third-order valence-electron chi connectivity index (χ3n) is 12.5. The number of fused-ring (bicyclic) bond motifs is 2. The number of hydrogen-bond donors (Lipinski definition) is 3. The van der Waals surface area contributed by atoms with Crippen molar-refractivity contribution in [1.82, 2.24) is 4.90 Å². The Bertz CT molecular complexity index is 1200. The SMILES string of the molecule is COC[C@]12CC[C@H](OC)[C@]34C5C[C@]6(O)[C@H](OC(=O)c7ccccc7)C5[C@](O)([C@@H](O)[C@@H]6OC)[C@@H](C3N(C)C1)[C@H](OC)C24. The van der Waals surface area contributed by atoms with Crippen LogP contribution in [0.2, 0.25) is 0 Å². The minimum absolute atomic E-state index is 0.0644. The van der Waals surface area contributed by atoms with Crippen LogP contribution < -0.4 is 0 Å². The summed E-state index contributed by atoms with van der Waals surface area (Å²) in [4.78, 5) is 15.8. The lowest BCUT2D eigenvalue weighted by atomic mass is 9.43. The van der Waals surface area contributed by atoms with E-state index >= 15 is 0 Å². The number of benzene rings is 1. The maximum absolute atomic E-state index is 13.5. The van der Waals surface area contributed by atoms with Crippen molar-refractivity contribution in [3.63, 3.8) is 0 Å². The van der Waals surface area contributed by atoms with Crippen LogP contribution in [0.4, 0.5) is 0 Å². The summed E-state index contributed by atoms with van der Waals surface area (Å²) in [5, 5.41) is 37.6. The average molecular weight is 574 g/mol. The predicted octanol–water partition coefficient (Wildman–Crippen LogP) is 0.716. The van der Waals surface area contributed by atoms with Gasteiger partial charge in [0.15, 0.2) is 0 Å². The largest absolute Gasteiger partial charge is 0.455 e. The van der Waals surface area contributed by atoms with Crippen molar-refractivity contribution in [1.29, 1.82) is 0 Å². The Morgan fingerprint density at radius 2 is 1.76 bits per heavy atom. The third-order valence-corrected chi connectivity index (χ3v) is 12.5. The molecule has 1 aliphatic heterocycles. The smallest absolute Gasteiger partial charge is 0.338 e. The number of nitrogens with zero attached hydrogens (tertiary/aromatic N) is 1. The topological polar surface area (TPSA) is 127 Å². The zero-order valence-corrected chi connectivity index (χ0v) is 24.4. The average Bonchev–Trinajstić information content (AvgIpc) is 3.36. The fraction of sp³-hybridized carbons (Fsp3) is 0.774. The van der Waals surface area contributed by atoms with Gasteiger partial charge in [-0.2, -0.15) is 0 Å². The molecular formula is C31H43NO9. The maximum Gasteiger partial charge on any atom is 0.338 e. The van der Waals surface area contributed by atoms with Crippen LogP contribution in [0.3, 0.4) is 0 Å². The molecule has 41 heavy (non-hydrogen) atoms. The molecule has 7 bridgehead atoms. The third kappa shape index (κ3) is 3.08. The van der Waals surface area contributed by atoms with Gasteiger partial charge in [-0.05, 0) is 44.4 Å². The van der Waals surface area contributed by atoms with Gasteiger partial charge in [0.25, 0.3) is 0 Å². The van der Waals surface area contributed by atoms with Gasteiger partial charge in [0.05, 0.1) is 24.4 Å². The molecule has 4 unspecified atom stereocenters. The molecule has 1 aromatic rings. The van der Waals surface area contributed by atoms with Crippen LogP contribution in [0.1, 0.15) is 29.6 Å². The van der Waals surface area contributed by atoms with Crippen molar-refractivity contribution in [3.8, 4) is 0 Å². The Morgan fingerprint density at radius 1 is 1.02 bits per heavy atom. The van der Waals surface area contributed by atoms with E-state index in [1.54, 1.807) is 45.6 Å². The van der Waals surface area contributed by atoms with Crippen LogP contribution >= 0.6 is 0 Å². The molecule has 226 valence electrons. The van der Waals surface area contributed by atoms with Gasteiger partial charge in [0, 0.05) is 69.6 Å². The number of hydrogen-bond acceptors (Lipinski definition) is 10. The number of piperidine rings is 1. The number of carbonyl (C=O) groups excluding carboxylic acids is 1. The van der Waals surface area contributed by atoms with Gasteiger partial charge >= 0.3 is 5.97 Å². The highest BCUT2D eigenvalue weighted by Crippen LogP contribution is 2.80. The highest BCUT2D eigenvalue weighted by molar-refractivity contribution is 5.89. The van der Waals surface area contributed by atoms with Crippen LogP contribution in [0.5, 0.6) is 0 Å². The molecule has 10 nitrogen and oxygen atoms in total. The number of ether oxygens (including phenoxy) is 5. The quantitative estimate of drug-likeness (QED) is 0.402. The second-order valence-corrected chi connectivity index (χ2v) is 13.6. The predicted molar refractivity (Wildman–Crippen MR) is 145 cm³/mol. The van der Waals surface area contributed by atoms with E-state index in [1.165, 1.54) is 7.11 Å². The maximum atomic E-state index is 13.5. The van der Waals surface area contributed by atoms with Crippen LogP contribution in [0.15, 0.2) is 30.3 Å². The molecule has 3 N–H and O–H groups in total. The summed E-state index contributed by atoms with van der Waals surface area (Å²) < 4.78 is 30.6. The van der Waals surface area contributed by atoms with E-state index < -0.39 is 58.8 Å². The molecule has 5 saturated carbocycles. The van der Waals surface area contributed by atoms with E-state index in [9.17, 15) is 20.1 Å². The summed E-state index contributed by atoms with van der Waals surface area (Å²) >= 11 is 0. The van der Waals surface area contributed by atoms with Gasteiger partial charge in [0.1, 0.15) is 29.5 Å². The van der Waals surface area contributed by atoms with Crippen LogP contribution in [0, 0.1) is 34.5 Å². The first-order valence-electron chi connectivity index (χ1n) is 14.8. The second-order valence-electron chi connectivity index (χ2n) is 13.6. The molecule has 0 radical (unpaired) electrons. The number of aliphatic hydroxyl groups excluding tert-OH is 1. The first-order valence-corrected chi connectivity index (χ1v) is 14.8. The molecule has 6 fully saturated rings. The molecule has 6 aliphatic rings. The van der Waals surface area contributed by atoms with E-state index in [1.807, 2.05) is 6.07 Å². The zero-order valence-electron chi connectivity index (χ0n) is 24.4. The molecule has 1 aromatic carbocycles. The van der Waals surface area contributed by atoms with Crippen molar-refractivity contribution in [2.45, 2.75) is 67.0 Å². The lowest BCUT2D eigenvalue weighted by Crippen LogP contribution is -2.79. The molecule has 0 aromatic heterocycles. The molecule has 14 atom stereocenters. The van der Waals surface area contributed by atoms with Crippen LogP contribution in [-0.2, 0) is 23.7 Å². The lowest BCUT2D eigenvalue weighted by molar-refractivity contribution is -0.313. The van der Waals surface area contributed by atoms with Gasteiger partial charge in [-0.3, -0.25) is 0 Å². The summed E-state index contributed by atoms with van der Waals surface area (Å²) in [6.45, 7) is 1.29. The molecule has 1 saturated heterocycles. The minimum Gasteiger partial charge on any atom is -0.455 e. The van der Waals surface area contributed by atoms with Gasteiger partial charge in [-0.15, -0.1) is 0 Å². The molecule has 7 rings (SSSR count). The highest BCUT2D eigenvalue weighted by atomic mass is 16.6. The van der Waals surface area contributed by atoms with Crippen LogP contribution in [0.25, 0.3) is 0 Å². The Kier molecular flexibility index (Phi) is 6.31. The molecule has 0 amide bonds. The standard InChI is InChI=1S/C31H43NO9/c1-32-14-28(15-37-2)12-11-18(38-3)30-17-13-29(35)25(41-27(34)16-9-7-6-8-10-16)19(17)31(36,24(33)26(29)40-5)20(23(30)32)21(39-4)22(28)30/h6-10,17-26,33,35-36H,11-15H2,1-5H3/t17?,18-,19?,20+,21-,22?,23?,24-,25+,26-,28-,29-,30-,31+/m0/s1. The van der Waals surface area contributed by atoms with E-state index in [0.717, 1.165) is 19.4 Å². The van der Waals surface area contributed by atoms with Gasteiger partial charge in [-0.1, -0.05) is 18.2 Å². The summed E-state index contributed by atoms with van der Waals surface area (Å²) in [5.74, 6) is -2.30. The summed E-state index contributed by atoms with van der Waals surface area (Å²) in [5.41, 5.74) is -3.95. The van der Waals surface area contributed by atoms with Crippen molar-refractivity contribution >= 4 is 5.97 Å². The van der Waals surface area contributed by atoms with Gasteiger partial charge < -0.3 is 43.9 Å². The Hall–Kier alpha value is -1.63. The minimum atomic E-state index is -1.76. The van der Waals surface area contributed by atoms with Crippen molar-refractivity contribution in [2.24, 2.45) is 34.5 Å². The second kappa shape index (κ2) is 9.19. The summed E-state index contributed by atoms with van der Waals surface area (Å²) in [6, 6.07) is 8.46. The molecule has 5 aliphatic carbocycles. The zero-order chi connectivity index (χ0) is 29.1. The fourth-order valence-corrected chi connectivity index (χ4v) is 11.8. The summed E-state index contributed by atoms with van der Waals surface area (Å²) in [7, 11) is 8.65. The number of rotatable bonds is 7. The molecule has 10 heteroatoms.